The van der Waals surface area contributed by atoms with E-state index in [0.717, 1.165) is 0 Å². The van der Waals surface area contributed by atoms with Gasteiger partial charge in [-0.3, -0.25) is 0 Å². The van der Waals surface area contributed by atoms with Crippen LogP contribution >= 0.6 is 0 Å². The Morgan fingerprint density at radius 1 is 0.700 bits per heavy atom. The zero-order chi connectivity index (χ0) is 7.89. The van der Waals surface area contributed by atoms with Gasteiger partial charge in [0.1, 0.15) is 24.4 Å². The maximum Gasteiger partial charge on any atom is 0.110 e. The number of nitrogens with two attached hydrogens (primary N) is 1. The van der Waals surface area contributed by atoms with Crippen molar-refractivity contribution >= 4 is 0 Å². The Morgan fingerprint density at radius 3 is 1.10 bits per heavy atom. The van der Waals surface area contributed by atoms with Crippen LogP contribution < -0.4 is 5.73 Å². The number of hydrogen-bond donors (Lipinski definition) is 5. The number of aliphatic hydroxyl groups excluding tert-OH is 4. The average Bonchev–Trinajstić information content (AvgIpc) is 2.07. The lowest BCUT2D eigenvalue weighted by molar-refractivity contribution is -0.0413. The molecule has 1 unspecified atom stereocenters. The zero-order valence-corrected chi connectivity index (χ0v) is 5.25. The van der Waals surface area contributed by atoms with Crippen LogP contribution in [0.2, 0.25) is 0 Å². The molecule has 1 saturated carbocycles. The largest absolute Gasteiger partial charge is 0.389 e. The van der Waals surface area contributed by atoms with Crippen molar-refractivity contribution < 1.29 is 20.4 Å². The molecule has 6 N–H and O–H groups in total. The highest BCUT2D eigenvalue weighted by atomic mass is 16.4. The van der Waals surface area contributed by atoms with E-state index >= 15 is 0 Å². The van der Waals surface area contributed by atoms with E-state index in [2.05, 4.69) is 0 Å². The second-order valence-corrected chi connectivity index (χ2v) is 2.54. The quantitative estimate of drug-likeness (QED) is 0.249. The third-order valence-electron chi connectivity index (χ3n) is 1.84. The third kappa shape index (κ3) is 0.920. The summed E-state index contributed by atoms with van der Waals surface area (Å²) in [6.07, 6.45) is -5.12. The summed E-state index contributed by atoms with van der Waals surface area (Å²) in [4.78, 5) is 0. The molecule has 1 rings (SSSR count). The van der Waals surface area contributed by atoms with Crippen LogP contribution in [0, 0.1) is 0 Å². The number of rotatable bonds is 0. The van der Waals surface area contributed by atoms with Crippen LogP contribution in [-0.2, 0) is 0 Å². The van der Waals surface area contributed by atoms with Crippen LogP contribution in [0.5, 0.6) is 0 Å². The first-order valence-electron chi connectivity index (χ1n) is 3.03. The molecule has 0 radical (unpaired) electrons. The normalized spacial score (nSPS) is 50.1. The van der Waals surface area contributed by atoms with Gasteiger partial charge < -0.3 is 26.2 Å². The van der Waals surface area contributed by atoms with E-state index in [1.54, 1.807) is 0 Å². The second-order valence-electron chi connectivity index (χ2n) is 2.54. The lowest BCUT2D eigenvalue weighted by atomic mass is 10.2. The molecule has 10 heavy (non-hydrogen) atoms. The highest BCUT2D eigenvalue weighted by Crippen LogP contribution is 2.19. The molecule has 0 aromatic rings. The predicted octanol–water partition coefficient (Wildman–Crippen LogP) is -3.23. The van der Waals surface area contributed by atoms with Crippen LogP contribution in [0.1, 0.15) is 0 Å². The van der Waals surface area contributed by atoms with Crippen molar-refractivity contribution in [2.24, 2.45) is 5.73 Å². The van der Waals surface area contributed by atoms with Gasteiger partial charge in [0.25, 0.3) is 0 Å². The fourth-order valence-electron chi connectivity index (χ4n) is 1.06. The minimum absolute atomic E-state index is 0.954. The van der Waals surface area contributed by atoms with Crippen LogP contribution in [0.15, 0.2) is 0 Å². The molecular weight excluding hydrogens is 138 g/mol. The minimum Gasteiger partial charge on any atom is -0.389 e. The molecule has 1 fully saturated rings. The van der Waals surface area contributed by atoms with E-state index in [9.17, 15) is 0 Å². The summed E-state index contributed by atoms with van der Waals surface area (Å²) in [6.45, 7) is 0. The first-order valence-corrected chi connectivity index (χ1v) is 3.03. The Balaban J connectivity index is 2.68. The molecule has 0 heterocycles. The monoisotopic (exact) mass is 149 g/mol. The van der Waals surface area contributed by atoms with E-state index in [-0.39, 0.29) is 0 Å². The van der Waals surface area contributed by atoms with Crippen molar-refractivity contribution in [2.75, 3.05) is 0 Å². The molecule has 0 saturated heterocycles. The minimum atomic E-state index is -1.33. The van der Waals surface area contributed by atoms with Crippen molar-refractivity contribution in [1.82, 2.24) is 0 Å². The molecule has 5 nitrogen and oxygen atoms in total. The second kappa shape index (κ2) is 2.44. The molecule has 0 spiro atoms. The fourth-order valence-corrected chi connectivity index (χ4v) is 1.06. The molecule has 1 aliphatic rings. The fraction of sp³-hybridized carbons (Fsp3) is 1.00. The van der Waals surface area contributed by atoms with Gasteiger partial charge >= 0.3 is 0 Å². The molecule has 60 valence electrons. The number of hydrogen-bond acceptors (Lipinski definition) is 5. The van der Waals surface area contributed by atoms with Crippen molar-refractivity contribution in [2.45, 2.75) is 30.5 Å². The van der Waals surface area contributed by atoms with Crippen molar-refractivity contribution in [3.63, 3.8) is 0 Å². The summed E-state index contributed by atoms with van der Waals surface area (Å²) in [7, 11) is 0. The first-order chi connectivity index (χ1) is 4.55. The topological polar surface area (TPSA) is 107 Å². The van der Waals surface area contributed by atoms with Gasteiger partial charge in [-0.15, -0.1) is 0 Å². The molecule has 5 atom stereocenters. The SMILES string of the molecule is NC1[C@@H](O)[C@H](O)[C@H](O)[C@@H]1O. The van der Waals surface area contributed by atoms with Gasteiger partial charge in [-0.1, -0.05) is 0 Å². The Labute approximate surface area is 57.7 Å². The lowest BCUT2D eigenvalue weighted by Crippen LogP contribution is -2.40. The molecule has 0 aromatic heterocycles. The van der Waals surface area contributed by atoms with Crippen LogP contribution in [0.25, 0.3) is 0 Å². The van der Waals surface area contributed by atoms with Crippen LogP contribution in [0.4, 0.5) is 0 Å². The first kappa shape index (κ1) is 7.90. The van der Waals surface area contributed by atoms with Gasteiger partial charge in [0.15, 0.2) is 0 Å². The Bertz CT molecular complexity index is 86.0. The van der Waals surface area contributed by atoms with Gasteiger partial charge in [0.2, 0.25) is 0 Å². The van der Waals surface area contributed by atoms with Crippen molar-refractivity contribution in [1.29, 1.82) is 0 Å². The Kier molecular flexibility index (Phi) is 1.93. The molecular formula is C5H11NO4. The van der Waals surface area contributed by atoms with Gasteiger partial charge in [-0.05, 0) is 0 Å². The van der Waals surface area contributed by atoms with E-state index < -0.39 is 30.5 Å². The maximum atomic E-state index is 8.91. The van der Waals surface area contributed by atoms with Crippen LogP contribution in [-0.4, -0.2) is 50.9 Å². The summed E-state index contributed by atoms with van der Waals surface area (Å²) in [6, 6.07) is -0.954. The molecule has 0 aliphatic heterocycles. The molecule has 0 aromatic carbocycles. The Morgan fingerprint density at radius 2 is 1.00 bits per heavy atom. The summed E-state index contributed by atoms with van der Waals surface area (Å²) >= 11 is 0. The maximum absolute atomic E-state index is 8.91. The van der Waals surface area contributed by atoms with Gasteiger partial charge in [-0.2, -0.15) is 0 Å². The predicted molar refractivity (Wildman–Crippen MR) is 32.0 cm³/mol. The number of aliphatic hydroxyl groups is 4. The highest BCUT2D eigenvalue weighted by molar-refractivity contribution is 5.00. The van der Waals surface area contributed by atoms with E-state index in [1.807, 2.05) is 0 Å². The standard InChI is InChI=1S/C5H11NO4/c6-1-2(7)4(9)5(10)3(1)8/h1-5,7-10H,6H2/t1?,2-,3-,4-,5+/m1/s1. The lowest BCUT2D eigenvalue weighted by Gasteiger charge is -2.11. The van der Waals surface area contributed by atoms with Gasteiger partial charge in [0, 0.05) is 0 Å². The summed E-state index contributed by atoms with van der Waals surface area (Å²) in [5.41, 5.74) is 5.18. The summed E-state index contributed by atoms with van der Waals surface area (Å²) in [5.74, 6) is 0. The molecule has 0 amide bonds. The smallest absolute Gasteiger partial charge is 0.110 e. The zero-order valence-electron chi connectivity index (χ0n) is 5.25. The summed E-state index contributed by atoms with van der Waals surface area (Å²) < 4.78 is 0. The van der Waals surface area contributed by atoms with E-state index in [1.165, 1.54) is 0 Å². The van der Waals surface area contributed by atoms with E-state index in [0.29, 0.717) is 0 Å². The third-order valence-corrected chi connectivity index (χ3v) is 1.84. The van der Waals surface area contributed by atoms with Crippen molar-refractivity contribution in [3.05, 3.63) is 0 Å². The Hall–Kier alpha value is -0.200. The van der Waals surface area contributed by atoms with E-state index in [4.69, 9.17) is 26.2 Å². The molecule has 0 bridgehead atoms. The average molecular weight is 149 g/mol. The highest BCUT2D eigenvalue weighted by Gasteiger charge is 2.46. The molecule has 1 aliphatic carbocycles. The van der Waals surface area contributed by atoms with Crippen molar-refractivity contribution in [3.8, 4) is 0 Å². The van der Waals surface area contributed by atoms with Gasteiger partial charge in [0.05, 0.1) is 6.04 Å². The molecule has 5 heteroatoms. The van der Waals surface area contributed by atoms with Crippen LogP contribution in [0.3, 0.4) is 0 Å². The van der Waals surface area contributed by atoms with Gasteiger partial charge in [-0.25, -0.2) is 0 Å². The summed E-state index contributed by atoms with van der Waals surface area (Å²) in [5, 5.41) is 35.6.